The van der Waals surface area contributed by atoms with E-state index in [1.54, 1.807) is 10.7 Å². The molecule has 2 heterocycles. The van der Waals surface area contributed by atoms with E-state index in [2.05, 4.69) is 37.8 Å². The molecule has 120 valence electrons. The minimum absolute atomic E-state index is 0.269. The Morgan fingerprint density at radius 3 is 2.86 bits per heavy atom. The van der Waals surface area contributed by atoms with Crippen LogP contribution in [-0.4, -0.2) is 31.7 Å². The molecule has 1 unspecified atom stereocenters. The average molecular weight is 387 g/mol. The Labute approximate surface area is 140 Å². The van der Waals surface area contributed by atoms with Gasteiger partial charge in [-0.25, -0.2) is 4.21 Å². The lowest BCUT2D eigenvalue weighted by atomic mass is 9.90. The quantitative estimate of drug-likeness (QED) is 0.856. The Bertz CT molecular complexity index is 712. The summed E-state index contributed by atoms with van der Waals surface area (Å²) in [6.45, 7) is 2.99. The lowest BCUT2D eigenvalue weighted by Crippen LogP contribution is -2.21. The van der Waals surface area contributed by atoms with Gasteiger partial charge in [0.1, 0.15) is 16.7 Å². The van der Waals surface area contributed by atoms with Gasteiger partial charge in [0.15, 0.2) is 5.65 Å². The van der Waals surface area contributed by atoms with Crippen molar-refractivity contribution in [1.82, 2.24) is 14.6 Å². The molecule has 0 radical (unpaired) electrons. The lowest BCUT2D eigenvalue weighted by molar-refractivity contribution is 0.167. The van der Waals surface area contributed by atoms with Crippen molar-refractivity contribution in [3.63, 3.8) is 0 Å². The van der Waals surface area contributed by atoms with E-state index in [0.29, 0.717) is 18.2 Å². The molecule has 3 rings (SSSR count). The molecule has 0 amide bonds. The third-order valence-corrected chi connectivity index (χ3v) is 5.15. The number of nitrogens with zero attached hydrogens (tertiary/aromatic N) is 3. The molecule has 0 bridgehead atoms. The molecule has 1 aliphatic carbocycles. The highest BCUT2D eigenvalue weighted by atomic mass is 79.9. The van der Waals surface area contributed by atoms with Gasteiger partial charge in [-0.05, 0) is 28.8 Å². The van der Waals surface area contributed by atoms with Crippen LogP contribution in [0.1, 0.15) is 32.6 Å². The zero-order valence-corrected chi connectivity index (χ0v) is 15.0. The predicted molar refractivity (Wildman–Crippen MR) is 90.4 cm³/mol. The van der Waals surface area contributed by atoms with E-state index in [9.17, 15) is 4.21 Å². The number of nitrogens with one attached hydrogen (secondary N) is 1. The summed E-state index contributed by atoms with van der Waals surface area (Å²) in [5, 5.41) is 8.09. The van der Waals surface area contributed by atoms with Gasteiger partial charge in [-0.2, -0.15) is 0 Å². The summed E-state index contributed by atoms with van der Waals surface area (Å²) in [6, 6.07) is 1.85. The molecule has 1 fully saturated rings. The Morgan fingerprint density at radius 2 is 2.18 bits per heavy atom. The monoisotopic (exact) mass is 386 g/mol. The van der Waals surface area contributed by atoms with Crippen molar-refractivity contribution >= 4 is 38.5 Å². The smallest absolute Gasteiger partial charge is 0.240 e. The fraction of sp³-hybridized carbons (Fsp3) is 0.571. The number of rotatable bonds is 5. The van der Waals surface area contributed by atoms with Crippen LogP contribution in [-0.2, 0) is 11.0 Å². The zero-order valence-electron chi connectivity index (χ0n) is 12.6. The third-order valence-electron chi connectivity index (χ3n) is 4.08. The average Bonchev–Trinajstić information content (AvgIpc) is 3.04. The summed E-state index contributed by atoms with van der Waals surface area (Å²) < 4.78 is 22.6. The molecular weight excluding hydrogens is 368 g/mol. The van der Waals surface area contributed by atoms with E-state index in [1.165, 1.54) is 25.7 Å². The van der Waals surface area contributed by atoms with E-state index in [4.69, 9.17) is 4.74 Å². The van der Waals surface area contributed by atoms with Crippen LogP contribution in [0.2, 0.25) is 0 Å². The molecule has 2 aromatic heterocycles. The molecule has 8 heteroatoms. The third kappa shape index (κ3) is 3.27. The van der Waals surface area contributed by atoms with E-state index in [0.717, 1.165) is 10.2 Å². The van der Waals surface area contributed by atoms with Crippen LogP contribution >= 0.6 is 15.9 Å². The largest absolute Gasteiger partial charge is 0.492 e. The number of fused-ring (bicyclic) bond motifs is 1. The number of halogens is 1. The van der Waals surface area contributed by atoms with Crippen molar-refractivity contribution in [3.05, 3.63) is 16.7 Å². The molecule has 0 aliphatic heterocycles. The first kappa shape index (κ1) is 15.7. The van der Waals surface area contributed by atoms with Crippen molar-refractivity contribution in [3.8, 4) is 5.75 Å². The highest BCUT2D eigenvalue weighted by Crippen LogP contribution is 2.38. The summed E-state index contributed by atoms with van der Waals surface area (Å²) in [4.78, 5) is 0. The number of aromatic nitrogens is 3. The number of ether oxygens (including phenoxy) is 1. The van der Waals surface area contributed by atoms with Crippen molar-refractivity contribution < 1.29 is 8.95 Å². The van der Waals surface area contributed by atoms with Gasteiger partial charge in [-0.1, -0.05) is 19.8 Å². The standard InChI is InChI=1S/C14H19BrN4O2S/c1-14(5-3-4-6-14)9-21-11-7-12-16-17-13(18-22(2)20)19(12)8-10(11)15/h7-8H,3-6,9H2,1-2H3,(H,17,18). The van der Waals surface area contributed by atoms with Crippen molar-refractivity contribution in [2.45, 2.75) is 32.6 Å². The Balaban J connectivity index is 1.82. The molecule has 1 N–H and O–H groups in total. The summed E-state index contributed by atoms with van der Waals surface area (Å²) in [6.07, 6.45) is 8.38. The Hall–Kier alpha value is -1.15. The van der Waals surface area contributed by atoms with Gasteiger partial charge in [0.25, 0.3) is 0 Å². The molecule has 2 aromatic rings. The van der Waals surface area contributed by atoms with E-state index < -0.39 is 11.0 Å². The van der Waals surface area contributed by atoms with Crippen LogP contribution in [0.5, 0.6) is 5.75 Å². The fourth-order valence-corrected chi connectivity index (χ4v) is 3.66. The highest BCUT2D eigenvalue weighted by molar-refractivity contribution is 9.10. The van der Waals surface area contributed by atoms with Crippen LogP contribution in [0.4, 0.5) is 5.95 Å². The molecule has 6 nitrogen and oxygen atoms in total. The molecule has 1 atom stereocenters. The van der Waals surface area contributed by atoms with E-state index >= 15 is 0 Å². The van der Waals surface area contributed by atoms with Gasteiger partial charge >= 0.3 is 0 Å². The molecule has 1 saturated carbocycles. The second-order valence-electron chi connectivity index (χ2n) is 6.10. The van der Waals surface area contributed by atoms with Crippen LogP contribution in [0, 0.1) is 5.41 Å². The van der Waals surface area contributed by atoms with Crippen LogP contribution in [0.3, 0.4) is 0 Å². The topological polar surface area (TPSA) is 68.5 Å². The molecule has 22 heavy (non-hydrogen) atoms. The molecule has 0 spiro atoms. The van der Waals surface area contributed by atoms with Crippen LogP contribution < -0.4 is 9.46 Å². The lowest BCUT2D eigenvalue weighted by Gasteiger charge is -2.23. The summed E-state index contributed by atoms with van der Waals surface area (Å²) in [7, 11) is -1.19. The minimum atomic E-state index is -1.19. The van der Waals surface area contributed by atoms with Crippen molar-refractivity contribution in [2.75, 3.05) is 17.6 Å². The maximum atomic E-state index is 11.3. The van der Waals surface area contributed by atoms with Crippen molar-refractivity contribution in [2.24, 2.45) is 5.41 Å². The molecular formula is C14H19BrN4O2S. The first-order valence-electron chi connectivity index (χ1n) is 7.24. The normalized spacial score (nSPS) is 18.5. The number of hydrogen-bond donors (Lipinski definition) is 1. The van der Waals surface area contributed by atoms with Crippen LogP contribution in [0.15, 0.2) is 16.7 Å². The molecule has 0 aromatic carbocycles. The number of anilines is 1. The van der Waals surface area contributed by atoms with Gasteiger partial charge in [-0.15, -0.1) is 10.2 Å². The Morgan fingerprint density at radius 1 is 1.45 bits per heavy atom. The molecule has 0 saturated heterocycles. The fourth-order valence-electron chi connectivity index (χ4n) is 2.83. The summed E-state index contributed by atoms with van der Waals surface area (Å²) >= 11 is 3.52. The van der Waals surface area contributed by atoms with Gasteiger partial charge in [-0.3, -0.25) is 9.12 Å². The van der Waals surface area contributed by atoms with Crippen molar-refractivity contribution in [1.29, 1.82) is 0 Å². The van der Waals surface area contributed by atoms with Gasteiger partial charge in [0, 0.05) is 23.9 Å². The minimum Gasteiger partial charge on any atom is -0.492 e. The van der Waals surface area contributed by atoms with Gasteiger partial charge in [0.2, 0.25) is 5.95 Å². The van der Waals surface area contributed by atoms with E-state index in [1.807, 2.05) is 12.3 Å². The van der Waals surface area contributed by atoms with Gasteiger partial charge < -0.3 is 4.74 Å². The summed E-state index contributed by atoms with van der Waals surface area (Å²) in [5.74, 6) is 1.21. The first-order valence-corrected chi connectivity index (χ1v) is 9.59. The van der Waals surface area contributed by atoms with E-state index in [-0.39, 0.29) is 5.41 Å². The zero-order chi connectivity index (χ0) is 15.7. The second-order valence-corrected chi connectivity index (χ2v) is 8.07. The van der Waals surface area contributed by atoms with Gasteiger partial charge in [0.05, 0.1) is 11.1 Å². The summed E-state index contributed by atoms with van der Waals surface area (Å²) in [5.41, 5.74) is 0.924. The maximum absolute atomic E-state index is 11.3. The highest BCUT2D eigenvalue weighted by Gasteiger charge is 2.29. The second kappa shape index (κ2) is 6.16. The molecule has 1 aliphatic rings. The predicted octanol–water partition coefficient (Wildman–Crippen LogP) is 3.16. The maximum Gasteiger partial charge on any atom is 0.240 e. The number of pyridine rings is 1. The van der Waals surface area contributed by atoms with Crippen LogP contribution in [0.25, 0.3) is 5.65 Å². The SMILES string of the molecule is CS(=O)Nc1nnc2cc(OCC3(C)CCCC3)c(Br)cn12. The first-order chi connectivity index (χ1) is 10.5. The Kier molecular flexibility index (Phi) is 4.40. The number of hydrogen-bond acceptors (Lipinski definition) is 4.